The number of fused-ring (bicyclic) bond motifs is 2. The Balaban J connectivity index is 2.19. The minimum atomic E-state index is -0.875. The van der Waals surface area contributed by atoms with Crippen molar-refractivity contribution in [2.45, 2.75) is 202 Å². The molecule has 2 aromatic carbocycles. The van der Waals surface area contributed by atoms with Crippen LogP contribution in [0.1, 0.15) is 166 Å². The lowest BCUT2D eigenvalue weighted by Crippen LogP contribution is -2.45. The molecular formula is C55H95N7P3+. The quantitative estimate of drug-likeness (QED) is 0.149. The Morgan fingerprint density at radius 2 is 0.723 bits per heavy atom. The molecule has 0 fully saturated rings. The molecular weight excluding hydrogens is 852 g/mol. The Hall–Kier alpha value is -2.71. The van der Waals surface area contributed by atoms with E-state index in [1.807, 2.05) is 0 Å². The summed E-state index contributed by atoms with van der Waals surface area (Å²) in [6.45, 7) is 61.7. The SMILES string of the molecule is CC(C)N(C(=C1N(CC(C)(C)C)c2ccccc2N1CC(C)(C)C)p1[pH]c(=[N+](C(C)C)C(C)C)p1C(=C1N(CC(C)(C)C)c2ccccc2N1CC(C)(C)C)N(C(C)C)C(C)C)C(C)C. The fourth-order valence-electron chi connectivity index (χ4n) is 10.3. The van der Waals surface area contributed by atoms with E-state index in [-0.39, 0.29) is 21.7 Å². The predicted molar refractivity (Wildman–Crippen MR) is 298 cm³/mol. The van der Waals surface area contributed by atoms with Crippen molar-refractivity contribution >= 4 is 55.6 Å². The molecule has 0 bridgehead atoms. The monoisotopic (exact) mass is 947 g/mol. The molecule has 3 atom stereocenters. The maximum absolute atomic E-state index is 2.90. The van der Waals surface area contributed by atoms with Gasteiger partial charge in [-0.05, 0) is 144 Å². The molecule has 3 unspecified atom stereocenters. The highest BCUT2D eigenvalue weighted by atomic mass is 32.2. The predicted octanol–water partition coefficient (Wildman–Crippen LogP) is 15.5. The van der Waals surface area contributed by atoms with E-state index < -0.39 is 14.1 Å². The van der Waals surface area contributed by atoms with Crippen molar-refractivity contribution in [3.05, 3.63) is 65.0 Å². The molecule has 2 aliphatic rings. The van der Waals surface area contributed by atoms with Gasteiger partial charge < -0.3 is 29.4 Å². The lowest BCUT2D eigenvalue weighted by Gasteiger charge is -2.44. The molecule has 364 valence electrons. The van der Waals surface area contributed by atoms with Crippen LogP contribution in [-0.4, -0.2) is 72.2 Å². The summed E-state index contributed by atoms with van der Waals surface area (Å²) in [4.78, 5) is 18.7. The lowest BCUT2D eigenvalue weighted by atomic mass is 9.95. The second-order valence-corrected chi connectivity index (χ2v) is 34.9. The third-order valence-corrected chi connectivity index (χ3v) is 24.9. The van der Waals surface area contributed by atoms with Crippen LogP contribution < -0.4 is 29.0 Å². The summed E-state index contributed by atoms with van der Waals surface area (Å²) in [6.07, 6.45) is 0. The van der Waals surface area contributed by atoms with E-state index in [1.165, 1.54) is 34.4 Å². The summed E-state index contributed by atoms with van der Waals surface area (Å²) in [5.41, 5.74) is 8.87. The lowest BCUT2D eigenvalue weighted by molar-refractivity contribution is 0.277. The standard InChI is InChI=1S/C55H95N7P3/c1-37(2)60(38(3)4)49(47-56(33-52(13,14)15)43-29-25-26-30-44(43)57(47)34-53(16,17)18)64-51(62(41(9)10)42(11)12)63-65(64)50(61(39(5)6)40(7)8)48-58(35-54(19,20)21)45-31-27-28-32-46(45)59(48)36-55(22,23)24/h25-32,37-42,63H,33-36H2,1-24H3/q+1. The molecule has 2 aliphatic heterocycles. The van der Waals surface area contributed by atoms with Crippen LogP contribution in [0.2, 0.25) is 0 Å². The van der Waals surface area contributed by atoms with E-state index in [0.29, 0.717) is 36.3 Å². The summed E-state index contributed by atoms with van der Waals surface area (Å²) in [6, 6.07) is 20.7. The Kier molecular flexibility index (Phi) is 16.2. The van der Waals surface area contributed by atoms with Crippen LogP contribution in [0, 0.1) is 21.7 Å². The van der Waals surface area contributed by atoms with Crippen LogP contribution in [0.25, 0.3) is 10.9 Å². The van der Waals surface area contributed by atoms with E-state index in [4.69, 9.17) is 0 Å². The minimum Gasteiger partial charge on any atom is -0.360 e. The number of para-hydroxylation sites is 4. The summed E-state index contributed by atoms with van der Waals surface area (Å²) in [5.74, 6) is 2.88. The highest BCUT2D eigenvalue weighted by Gasteiger charge is 2.46. The van der Waals surface area contributed by atoms with Crippen molar-refractivity contribution in [3.8, 4) is 0 Å². The highest BCUT2D eigenvalue weighted by molar-refractivity contribution is 8.41. The minimum absolute atomic E-state index is 0.0608. The summed E-state index contributed by atoms with van der Waals surface area (Å²) < 4.78 is 2.87. The van der Waals surface area contributed by atoms with Gasteiger partial charge in [0.25, 0.3) is 0 Å². The van der Waals surface area contributed by atoms with Gasteiger partial charge in [-0.15, -0.1) is 0 Å². The van der Waals surface area contributed by atoms with Crippen LogP contribution in [0.4, 0.5) is 22.7 Å². The van der Waals surface area contributed by atoms with E-state index in [2.05, 4.69) is 249 Å². The first kappa shape index (κ1) is 53.2. The van der Waals surface area contributed by atoms with E-state index in [0.717, 1.165) is 34.0 Å². The molecule has 0 spiro atoms. The molecule has 5 rings (SSSR count). The number of benzene rings is 2. The number of hydrogen-bond donors (Lipinski definition) is 0. The van der Waals surface area contributed by atoms with Crippen molar-refractivity contribution in [2.75, 3.05) is 45.8 Å². The van der Waals surface area contributed by atoms with Gasteiger partial charge in [0.2, 0.25) is 4.82 Å². The Morgan fingerprint density at radius 3 is 0.969 bits per heavy atom. The highest BCUT2D eigenvalue weighted by Crippen LogP contribution is 2.73. The second-order valence-electron chi connectivity index (χ2n) is 25.7. The maximum Gasteiger partial charge on any atom is 0.245 e. The van der Waals surface area contributed by atoms with Gasteiger partial charge in [0, 0.05) is 57.6 Å². The molecule has 0 amide bonds. The van der Waals surface area contributed by atoms with Gasteiger partial charge >= 0.3 is 0 Å². The molecule has 0 saturated carbocycles. The third kappa shape index (κ3) is 11.8. The zero-order valence-corrected chi connectivity index (χ0v) is 48.7. The average molecular weight is 947 g/mol. The van der Waals surface area contributed by atoms with Crippen molar-refractivity contribution in [1.82, 2.24) is 14.4 Å². The first-order valence-corrected chi connectivity index (χ1v) is 30.3. The molecule has 0 saturated heterocycles. The summed E-state index contributed by atoms with van der Waals surface area (Å²) in [5, 5.41) is 0. The van der Waals surface area contributed by atoms with Gasteiger partial charge in [0.05, 0.1) is 22.7 Å². The van der Waals surface area contributed by atoms with Gasteiger partial charge in [0.15, 0.2) is 0 Å². The van der Waals surface area contributed by atoms with Crippen molar-refractivity contribution in [2.24, 2.45) is 21.7 Å². The molecule has 65 heavy (non-hydrogen) atoms. The largest absolute Gasteiger partial charge is 0.360 e. The Labute approximate surface area is 403 Å². The molecule has 3 aromatic rings. The summed E-state index contributed by atoms with van der Waals surface area (Å²) >= 11 is 0. The van der Waals surface area contributed by atoms with Gasteiger partial charge in [-0.2, -0.15) is 0 Å². The zero-order chi connectivity index (χ0) is 49.0. The molecule has 0 radical (unpaired) electrons. The van der Waals surface area contributed by atoms with Crippen LogP contribution in [0.15, 0.2) is 60.2 Å². The van der Waals surface area contributed by atoms with Crippen molar-refractivity contribution < 1.29 is 0 Å². The number of rotatable bonds is 14. The normalized spacial score (nSPS) is 15.7. The molecule has 0 aliphatic carbocycles. The van der Waals surface area contributed by atoms with Gasteiger partial charge in [-0.1, -0.05) is 107 Å². The Bertz CT molecular complexity index is 2120. The molecule has 1 aromatic heterocycles. The van der Waals surface area contributed by atoms with Gasteiger partial charge in [-0.25, -0.2) is 4.58 Å². The molecule has 0 N–H and O–H groups in total. The van der Waals surface area contributed by atoms with E-state index in [1.54, 1.807) is 15.7 Å². The maximum atomic E-state index is 2.90. The average Bonchev–Trinajstić information content (AvgIpc) is 3.55. The van der Waals surface area contributed by atoms with E-state index >= 15 is 0 Å². The number of hydrogen-bond acceptors (Lipinski definition) is 6. The first-order valence-electron chi connectivity index (χ1n) is 25.1. The van der Waals surface area contributed by atoms with Crippen molar-refractivity contribution in [3.63, 3.8) is 0 Å². The Morgan fingerprint density at radius 1 is 0.462 bits per heavy atom. The van der Waals surface area contributed by atoms with Crippen LogP contribution >= 0.6 is 22.0 Å². The summed E-state index contributed by atoms with van der Waals surface area (Å²) in [7, 11) is -0.142. The third-order valence-electron chi connectivity index (χ3n) is 12.0. The van der Waals surface area contributed by atoms with Crippen molar-refractivity contribution in [1.29, 1.82) is 0 Å². The van der Waals surface area contributed by atoms with E-state index in [9.17, 15) is 0 Å². The second kappa shape index (κ2) is 19.7. The van der Waals surface area contributed by atoms with Gasteiger partial charge in [0.1, 0.15) is 34.6 Å². The topological polar surface area (TPSA) is 22.5 Å². The zero-order valence-electron chi connectivity index (χ0n) is 45.9. The number of anilines is 4. The smallest absolute Gasteiger partial charge is 0.245 e. The molecule has 10 heteroatoms. The van der Waals surface area contributed by atoms with Crippen LogP contribution in [0.3, 0.4) is 0 Å². The first-order chi connectivity index (χ1) is 29.8. The van der Waals surface area contributed by atoms with Gasteiger partial charge in [-0.3, -0.25) is 0 Å². The van der Waals surface area contributed by atoms with Crippen LogP contribution in [-0.2, 0) is 0 Å². The molecule has 3 heterocycles. The molecule has 7 nitrogen and oxygen atoms in total. The van der Waals surface area contributed by atoms with Crippen LogP contribution in [0.5, 0.6) is 0 Å². The number of nitrogens with zero attached hydrogens (tertiary/aromatic N) is 7. The fourth-order valence-corrected chi connectivity index (χ4v) is 25.0. The fraction of sp³-hybridized carbons (Fsp3) is 0.691.